The molecule has 1 aromatic carbocycles. The number of nitrogens with one attached hydrogen (secondary N) is 1. The van der Waals surface area contributed by atoms with Gasteiger partial charge in [-0.25, -0.2) is 4.39 Å². The highest BCUT2D eigenvalue weighted by molar-refractivity contribution is 5.72. The predicted molar refractivity (Wildman–Crippen MR) is 113 cm³/mol. The van der Waals surface area contributed by atoms with Crippen LogP contribution in [0, 0.1) is 6.92 Å². The van der Waals surface area contributed by atoms with E-state index in [1.54, 1.807) is 24.3 Å². The first-order valence-corrected chi connectivity index (χ1v) is 10.6. The second kappa shape index (κ2) is 8.19. The zero-order valence-corrected chi connectivity index (χ0v) is 17.2. The Labute approximate surface area is 179 Å². The number of halogens is 1. The molecule has 31 heavy (non-hydrogen) atoms. The lowest BCUT2D eigenvalue weighted by Gasteiger charge is -2.42. The third kappa shape index (κ3) is 4.07. The van der Waals surface area contributed by atoms with Crippen molar-refractivity contribution in [1.82, 2.24) is 25.7 Å². The van der Waals surface area contributed by atoms with Crippen LogP contribution in [-0.2, 0) is 0 Å². The molecule has 0 aliphatic carbocycles. The molecule has 2 N–H and O–H groups in total. The van der Waals surface area contributed by atoms with Crippen molar-refractivity contribution in [2.24, 2.45) is 0 Å². The molecule has 0 spiro atoms. The average molecular weight is 421 g/mol. The number of piperidine rings is 2. The lowest BCUT2D eigenvalue weighted by Crippen LogP contribution is -2.59. The highest BCUT2D eigenvalue weighted by Crippen LogP contribution is 2.33. The third-order valence-electron chi connectivity index (χ3n) is 6.05. The normalized spacial score (nSPS) is 25.2. The summed E-state index contributed by atoms with van der Waals surface area (Å²) in [6, 6.07) is 12.5. The number of aromatic nitrogens is 4. The number of benzene rings is 1. The third-order valence-corrected chi connectivity index (χ3v) is 6.05. The largest absolute Gasteiger partial charge is 0.507 e. The topological polar surface area (TPSA) is 93.0 Å². The zero-order chi connectivity index (χ0) is 21.4. The maximum atomic E-state index is 14.7. The summed E-state index contributed by atoms with van der Waals surface area (Å²) in [4.78, 5) is 0. The fraction of sp³-hybridized carbons (Fsp3) is 0.391. The summed E-state index contributed by atoms with van der Waals surface area (Å²) in [5, 5.41) is 30.4. The molecular weight excluding hydrogens is 397 g/mol. The molecule has 8 heteroatoms. The zero-order valence-electron chi connectivity index (χ0n) is 17.2. The Balaban J connectivity index is 1.31. The van der Waals surface area contributed by atoms with Crippen LogP contribution in [0.1, 0.15) is 31.4 Å². The number of ether oxygens (including phenoxy) is 1. The minimum absolute atomic E-state index is 0.0674. The van der Waals surface area contributed by atoms with Crippen LogP contribution in [0.25, 0.3) is 22.5 Å². The molecule has 4 heterocycles. The van der Waals surface area contributed by atoms with Gasteiger partial charge in [0.1, 0.15) is 11.9 Å². The van der Waals surface area contributed by atoms with Gasteiger partial charge in [0, 0.05) is 35.7 Å². The average Bonchev–Trinajstić information content (AvgIpc) is 2.79. The monoisotopic (exact) mass is 421 g/mol. The maximum Gasteiger partial charge on any atom is 0.233 e. The van der Waals surface area contributed by atoms with E-state index in [4.69, 9.17) is 4.74 Å². The van der Waals surface area contributed by atoms with Crippen molar-refractivity contribution in [2.45, 2.75) is 57.0 Å². The number of phenols is 1. The Morgan fingerprint density at radius 2 is 1.84 bits per heavy atom. The van der Waals surface area contributed by atoms with Crippen molar-refractivity contribution in [3.63, 3.8) is 0 Å². The molecule has 2 aliphatic rings. The summed E-state index contributed by atoms with van der Waals surface area (Å²) in [5.74, 6) is 0.361. The van der Waals surface area contributed by atoms with Crippen LogP contribution in [0.15, 0.2) is 42.5 Å². The van der Waals surface area contributed by atoms with Crippen LogP contribution in [0.4, 0.5) is 4.39 Å². The number of fused-ring (bicyclic) bond motifs is 2. The molecule has 160 valence electrons. The van der Waals surface area contributed by atoms with E-state index in [0.717, 1.165) is 30.5 Å². The fourth-order valence-corrected chi connectivity index (χ4v) is 4.42. The summed E-state index contributed by atoms with van der Waals surface area (Å²) in [6.07, 6.45) is 2.01. The molecule has 5 rings (SSSR count). The lowest BCUT2D eigenvalue weighted by molar-refractivity contribution is 0.00652. The van der Waals surface area contributed by atoms with Crippen molar-refractivity contribution in [1.29, 1.82) is 0 Å². The number of phenolic OH excluding ortho intramolecular Hbond substituents is 1. The fourth-order valence-electron chi connectivity index (χ4n) is 4.42. The van der Waals surface area contributed by atoms with Crippen molar-refractivity contribution in [3.05, 3.63) is 48.2 Å². The highest BCUT2D eigenvalue weighted by atomic mass is 19.1. The Bertz CT molecular complexity index is 1060. The van der Waals surface area contributed by atoms with E-state index >= 15 is 0 Å². The molecule has 2 bridgehead atoms. The van der Waals surface area contributed by atoms with Gasteiger partial charge in [-0.05, 0) is 50.1 Å². The summed E-state index contributed by atoms with van der Waals surface area (Å²) in [6.45, 7) is 1.87. The molecule has 2 aliphatic heterocycles. The molecule has 2 aromatic heterocycles. The first-order chi connectivity index (χ1) is 15.1. The van der Waals surface area contributed by atoms with Crippen LogP contribution in [-0.4, -0.2) is 49.9 Å². The smallest absolute Gasteiger partial charge is 0.233 e. The molecule has 3 aromatic rings. The Morgan fingerprint density at radius 1 is 1.00 bits per heavy atom. The first kappa shape index (κ1) is 19.8. The molecule has 0 radical (unpaired) electrons. The summed E-state index contributed by atoms with van der Waals surface area (Å²) < 4.78 is 20.6. The van der Waals surface area contributed by atoms with Gasteiger partial charge in [-0.15, -0.1) is 10.2 Å². The lowest BCUT2D eigenvalue weighted by atomic mass is 9.84. The van der Waals surface area contributed by atoms with E-state index in [1.807, 2.05) is 25.1 Å². The van der Waals surface area contributed by atoms with E-state index in [1.165, 1.54) is 0 Å². The molecule has 0 saturated carbocycles. The van der Waals surface area contributed by atoms with Gasteiger partial charge < -0.3 is 15.2 Å². The van der Waals surface area contributed by atoms with Crippen molar-refractivity contribution in [2.75, 3.05) is 0 Å². The van der Waals surface area contributed by atoms with Gasteiger partial charge in [0.15, 0.2) is 6.17 Å². The van der Waals surface area contributed by atoms with Crippen LogP contribution >= 0.6 is 0 Å². The molecule has 2 saturated heterocycles. The van der Waals surface area contributed by atoms with Gasteiger partial charge in [0.25, 0.3) is 0 Å². The van der Waals surface area contributed by atoms with Gasteiger partial charge in [0.05, 0.1) is 17.1 Å². The van der Waals surface area contributed by atoms with Crippen molar-refractivity contribution < 1.29 is 14.2 Å². The Kier molecular flexibility index (Phi) is 5.23. The van der Waals surface area contributed by atoms with Gasteiger partial charge >= 0.3 is 0 Å². The molecule has 2 unspecified atom stereocenters. The minimum Gasteiger partial charge on any atom is -0.507 e. The van der Waals surface area contributed by atoms with Gasteiger partial charge in [-0.3, -0.25) is 0 Å². The van der Waals surface area contributed by atoms with Crippen LogP contribution in [0.5, 0.6) is 11.6 Å². The number of alkyl halides is 1. The second-order valence-corrected chi connectivity index (χ2v) is 8.29. The summed E-state index contributed by atoms with van der Waals surface area (Å²) in [7, 11) is 0. The molecular formula is C23H24FN5O2. The van der Waals surface area contributed by atoms with E-state index in [2.05, 4.69) is 25.7 Å². The quantitative estimate of drug-likeness (QED) is 0.665. The standard InChI is InChI=1S/C23H24FN5O2/c1-13-5-8-17(27-26-13)14-6-7-16(20(30)11-14)18-9-10-22(29-28-18)31-21-12-15-3-2-4-19(25-15)23(21)24/h5-11,15,19,21,23,25,30H,2-4,12H2,1H3/t15?,19?,21-,23+/m0/s1. The molecule has 0 amide bonds. The highest BCUT2D eigenvalue weighted by Gasteiger charge is 2.41. The number of hydrogen-bond donors (Lipinski definition) is 2. The second-order valence-electron chi connectivity index (χ2n) is 8.29. The van der Waals surface area contributed by atoms with E-state index in [0.29, 0.717) is 35.3 Å². The summed E-state index contributed by atoms with van der Waals surface area (Å²) in [5.41, 5.74) is 3.31. The number of aromatic hydroxyl groups is 1. The number of hydrogen-bond acceptors (Lipinski definition) is 7. The van der Waals surface area contributed by atoms with Gasteiger partial charge in [-0.1, -0.05) is 12.5 Å². The molecule has 7 nitrogen and oxygen atoms in total. The van der Waals surface area contributed by atoms with E-state index in [-0.39, 0.29) is 11.8 Å². The van der Waals surface area contributed by atoms with Crippen LogP contribution in [0.3, 0.4) is 0 Å². The number of nitrogens with zero attached hydrogens (tertiary/aromatic N) is 4. The molecule has 2 fully saturated rings. The van der Waals surface area contributed by atoms with Crippen molar-refractivity contribution in [3.8, 4) is 34.1 Å². The van der Waals surface area contributed by atoms with Crippen LogP contribution < -0.4 is 10.1 Å². The van der Waals surface area contributed by atoms with E-state index < -0.39 is 12.3 Å². The van der Waals surface area contributed by atoms with Crippen molar-refractivity contribution >= 4 is 0 Å². The Hall–Kier alpha value is -3.13. The maximum absolute atomic E-state index is 14.7. The molecule has 4 atom stereocenters. The Morgan fingerprint density at radius 3 is 2.58 bits per heavy atom. The minimum atomic E-state index is -1.06. The summed E-state index contributed by atoms with van der Waals surface area (Å²) >= 11 is 0. The van der Waals surface area contributed by atoms with Crippen LogP contribution in [0.2, 0.25) is 0 Å². The van der Waals surface area contributed by atoms with E-state index in [9.17, 15) is 9.50 Å². The van der Waals surface area contributed by atoms with Gasteiger partial charge in [-0.2, -0.15) is 10.2 Å². The SMILES string of the molecule is Cc1ccc(-c2ccc(-c3ccc(O[C@H]4CC5CCCC(N5)[C@H]4F)nn3)c(O)c2)nn1. The van der Waals surface area contributed by atoms with Gasteiger partial charge in [0.2, 0.25) is 5.88 Å². The first-order valence-electron chi connectivity index (χ1n) is 10.6. The predicted octanol–water partition coefficient (Wildman–Crippen LogP) is 3.61. The number of rotatable bonds is 4. The number of aryl methyl sites for hydroxylation is 1.